The van der Waals surface area contributed by atoms with Crippen molar-refractivity contribution in [3.63, 3.8) is 0 Å². The Morgan fingerprint density at radius 2 is 2.08 bits per heavy atom. The second-order valence-electron chi connectivity index (χ2n) is 6.97. The first kappa shape index (κ1) is 16.3. The number of carbonyl (C=O) groups is 1. The molecule has 2 aliphatic rings. The maximum absolute atomic E-state index is 12.5. The summed E-state index contributed by atoms with van der Waals surface area (Å²) in [7, 11) is 0. The van der Waals surface area contributed by atoms with E-state index in [1.807, 2.05) is 15.7 Å². The molecule has 1 aromatic carbocycles. The number of aliphatic hydroxyl groups is 1. The van der Waals surface area contributed by atoms with Crippen molar-refractivity contribution in [3.05, 3.63) is 54.1 Å². The normalized spacial score (nSPS) is 23.6. The fraction of sp³-hybridized carbons (Fsp3) is 0.474. The topological polar surface area (TPSA) is 61.6 Å². The SMILES string of the molecule is O=C(CCn1ccnc1)N1C[C@@H](O)[C@H](N2CCc3ccccc3C2)C1. The number of imidazole rings is 1. The van der Waals surface area contributed by atoms with E-state index < -0.39 is 6.10 Å². The molecular weight excluding hydrogens is 316 g/mol. The monoisotopic (exact) mass is 340 g/mol. The van der Waals surface area contributed by atoms with E-state index in [1.165, 1.54) is 11.1 Å². The van der Waals surface area contributed by atoms with Crippen molar-refractivity contribution in [2.75, 3.05) is 19.6 Å². The van der Waals surface area contributed by atoms with Gasteiger partial charge < -0.3 is 14.6 Å². The highest BCUT2D eigenvalue weighted by Gasteiger charge is 2.38. The van der Waals surface area contributed by atoms with Crippen LogP contribution in [-0.4, -0.2) is 62.1 Å². The first-order valence-corrected chi connectivity index (χ1v) is 8.93. The molecule has 1 fully saturated rings. The van der Waals surface area contributed by atoms with Gasteiger partial charge in [0.25, 0.3) is 0 Å². The highest BCUT2D eigenvalue weighted by atomic mass is 16.3. The second kappa shape index (κ2) is 6.98. The predicted molar refractivity (Wildman–Crippen MR) is 93.8 cm³/mol. The number of amides is 1. The lowest BCUT2D eigenvalue weighted by Crippen LogP contribution is -2.45. The summed E-state index contributed by atoms with van der Waals surface area (Å²) in [6.07, 6.45) is 6.28. The van der Waals surface area contributed by atoms with E-state index in [1.54, 1.807) is 12.5 Å². The number of hydrogen-bond donors (Lipinski definition) is 1. The molecule has 0 radical (unpaired) electrons. The van der Waals surface area contributed by atoms with Gasteiger partial charge >= 0.3 is 0 Å². The smallest absolute Gasteiger partial charge is 0.224 e. The van der Waals surface area contributed by atoms with Crippen LogP contribution in [0, 0.1) is 0 Å². The lowest BCUT2D eigenvalue weighted by atomic mass is 9.98. The van der Waals surface area contributed by atoms with Crippen molar-refractivity contribution >= 4 is 5.91 Å². The van der Waals surface area contributed by atoms with Gasteiger partial charge in [0, 0.05) is 51.5 Å². The summed E-state index contributed by atoms with van der Waals surface area (Å²) in [5, 5.41) is 10.5. The number of aromatic nitrogens is 2. The fourth-order valence-electron chi connectivity index (χ4n) is 3.93. The number of rotatable bonds is 4. The van der Waals surface area contributed by atoms with E-state index >= 15 is 0 Å². The lowest BCUT2D eigenvalue weighted by molar-refractivity contribution is -0.130. The Balaban J connectivity index is 1.36. The quantitative estimate of drug-likeness (QED) is 0.898. The van der Waals surface area contributed by atoms with Crippen LogP contribution in [0.25, 0.3) is 0 Å². The Morgan fingerprint density at radius 1 is 1.24 bits per heavy atom. The van der Waals surface area contributed by atoms with Crippen LogP contribution in [0.2, 0.25) is 0 Å². The van der Waals surface area contributed by atoms with Crippen molar-refractivity contribution in [3.8, 4) is 0 Å². The Kier molecular flexibility index (Phi) is 4.55. The molecule has 2 aromatic rings. The molecule has 1 aromatic heterocycles. The van der Waals surface area contributed by atoms with E-state index in [2.05, 4.69) is 34.1 Å². The molecule has 0 unspecified atom stereocenters. The van der Waals surface area contributed by atoms with Gasteiger partial charge in [0.2, 0.25) is 5.91 Å². The maximum Gasteiger partial charge on any atom is 0.224 e. The summed E-state index contributed by atoms with van der Waals surface area (Å²) in [5.41, 5.74) is 2.74. The van der Waals surface area contributed by atoms with E-state index in [-0.39, 0.29) is 11.9 Å². The van der Waals surface area contributed by atoms with Gasteiger partial charge in [-0.2, -0.15) is 0 Å². The number of aliphatic hydroxyl groups excluding tert-OH is 1. The standard InChI is InChI=1S/C19H24N4O2/c24-18-13-23(19(25)6-8-21-10-7-20-14-21)12-17(18)22-9-5-15-3-1-2-4-16(15)11-22/h1-4,7,10,14,17-18,24H,5-6,8-9,11-13H2/t17-,18-/m1/s1. The minimum Gasteiger partial charge on any atom is -0.390 e. The Hall–Kier alpha value is -2.18. The lowest BCUT2D eigenvalue weighted by Gasteiger charge is -2.34. The van der Waals surface area contributed by atoms with Crippen LogP contribution < -0.4 is 0 Å². The number of likely N-dealkylation sites (tertiary alicyclic amines) is 1. The number of carbonyl (C=O) groups excluding carboxylic acids is 1. The predicted octanol–water partition coefficient (Wildman–Crippen LogP) is 0.903. The van der Waals surface area contributed by atoms with Gasteiger partial charge in [-0.25, -0.2) is 4.98 Å². The fourth-order valence-corrected chi connectivity index (χ4v) is 3.93. The van der Waals surface area contributed by atoms with Crippen LogP contribution in [0.1, 0.15) is 17.5 Å². The van der Waals surface area contributed by atoms with E-state index in [0.717, 1.165) is 19.5 Å². The van der Waals surface area contributed by atoms with Gasteiger partial charge in [-0.05, 0) is 17.5 Å². The molecule has 0 spiro atoms. The molecule has 132 valence electrons. The zero-order valence-electron chi connectivity index (χ0n) is 14.3. The third-order valence-electron chi connectivity index (χ3n) is 5.38. The molecule has 0 saturated carbocycles. The highest BCUT2D eigenvalue weighted by Crippen LogP contribution is 2.25. The van der Waals surface area contributed by atoms with Crippen LogP contribution in [0.15, 0.2) is 43.0 Å². The number of nitrogens with zero attached hydrogens (tertiary/aromatic N) is 4. The Bertz CT molecular complexity index is 731. The molecule has 25 heavy (non-hydrogen) atoms. The van der Waals surface area contributed by atoms with E-state index in [4.69, 9.17) is 0 Å². The van der Waals surface area contributed by atoms with Crippen LogP contribution in [0.5, 0.6) is 0 Å². The molecule has 6 nitrogen and oxygen atoms in total. The third-order valence-corrected chi connectivity index (χ3v) is 5.38. The number of benzene rings is 1. The summed E-state index contributed by atoms with van der Waals surface area (Å²) >= 11 is 0. The average molecular weight is 340 g/mol. The molecule has 2 atom stereocenters. The molecular formula is C19H24N4O2. The summed E-state index contributed by atoms with van der Waals surface area (Å²) in [6, 6.07) is 8.53. The van der Waals surface area contributed by atoms with Gasteiger partial charge in [0.05, 0.1) is 18.5 Å². The average Bonchev–Trinajstić information content (AvgIpc) is 3.29. The summed E-state index contributed by atoms with van der Waals surface area (Å²) in [4.78, 5) is 20.6. The zero-order chi connectivity index (χ0) is 17.2. The number of hydrogen-bond acceptors (Lipinski definition) is 4. The molecule has 0 bridgehead atoms. The molecule has 4 rings (SSSR count). The number of aryl methyl sites for hydroxylation is 1. The van der Waals surface area contributed by atoms with Crippen LogP contribution in [-0.2, 0) is 24.3 Å². The van der Waals surface area contributed by atoms with Gasteiger partial charge in [-0.15, -0.1) is 0 Å². The molecule has 3 heterocycles. The second-order valence-corrected chi connectivity index (χ2v) is 6.97. The molecule has 1 N–H and O–H groups in total. The van der Waals surface area contributed by atoms with Gasteiger partial charge in [0.1, 0.15) is 0 Å². The van der Waals surface area contributed by atoms with Gasteiger partial charge in [0.15, 0.2) is 0 Å². The van der Waals surface area contributed by atoms with Crippen LogP contribution >= 0.6 is 0 Å². The first-order valence-electron chi connectivity index (χ1n) is 8.93. The minimum atomic E-state index is -0.470. The van der Waals surface area contributed by atoms with Crippen LogP contribution in [0.4, 0.5) is 0 Å². The molecule has 2 aliphatic heterocycles. The largest absolute Gasteiger partial charge is 0.390 e. The Morgan fingerprint density at radius 3 is 2.88 bits per heavy atom. The maximum atomic E-state index is 12.5. The Labute approximate surface area is 147 Å². The zero-order valence-corrected chi connectivity index (χ0v) is 14.3. The van der Waals surface area contributed by atoms with Gasteiger partial charge in [-0.3, -0.25) is 9.69 Å². The summed E-state index contributed by atoms with van der Waals surface area (Å²) in [6.45, 7) is 3.48. The summed E-state index contributed by atoms with van der Waals surface area (Å²) < 4.78 is 1.91. The van der Waals surface area contributed by atoms with Crippen molar-refractivity contribution in [1.82, 2.24) is 19.4 Å². The van der Waals surface area contributed by atoms with Gasteiger partial charge in [-0.1, -0.05) is 24.3 Å². The highest BCUT2D eigenvalue weighted by molar-refractivity contribution is 5.76. The van der Waals surface area contributed by atoms with Crippen molar-refractivity contribution in [2.45, 2.75) is 38.1 Å². The summed E-state index contributed by atoms with van der Waals surface area (Å²) in [5.74, 6) is 0.104. The van der Waals surface area contributed by atoms with Crippen molar-refractivity contribution in [2.24, 2.45) is 0 Å². The van der Waals surface area contributed by atoms with Crippen LogP contribution in [0.3, 0.4) is 0 Å². The number of fused-ring (bicyclic) bond motifs is 1. The van der Waals surface area contributed by atoms with E-state index in [0.29, 0.717) is 26.1 Å². The minimum absolute atomic E-state index is 0.0329. The van der Waals surface area contributed by atoms with Crippen molar-refractivity contribution < 1.29 is 9.90 Å². The van der Waals surface area contributed by atoms with E-state index in [9.17, 15) is 9.90 Å². The molecule has 6 heteroatoms. The van der Waals surface area contributed by atoms with Crippen molar-refractivity contribution in [1.29, 1.82) is 0 Å². The molecule has 1 saturated heterocycles. The molecule has 0 aliphatic carbocycles. The first-order chi connectivity index (χ1) is 12.2. The number of β-amino-alcohol motifs (C(OH)–C–C–N with tert-alkyl or cyclic N) is 1. The third kappa shape index (κ3) is 3.45. The molecule has 1 amide bonds.